The molecule has 3 aromatic rings. The van der Waals surface area contributed by atoms with Gasteiger partial charge in [-0.2, -0.15) is 0 Å². The van der Waals surface area contributed by atoms with Crippen LogP contribution in [0.4, 0.5) is 16.2 Å². The number of carbonyl (C=O) groups is 3. The van der Waals surface area contributed by atoms with Gasteiger partial charge in [-0.1, -0.05) is 30.3 Å². The van der Waals surface area contributed by atoms with Gasteiger partial charge in [0.05, 0.1) is 25.6 Å². The van der Waals surface area contributed by atoms with E-state index in [4.69, 9.17) is 19.9 Å². The van der Waals surface area contributed by atoms with Gasteiger partial charge in [0.25, 0.3) is 11.8 Å². The van der Waals surface area contributed by atoms with Gasteiger partial charge in [-0.3, -0.25) is 14.9 Å². The van der Waals surface area contributed by atoms with Gasteiger partial charge < -0.3 is 35.1 Å². The predicted molar refractivity (Wildman–Crippen MR) is 172 cm³/mol. The summed E-state index contributed by atoms with van der Waals surface area (Å²) in [6, 6.07) is 20.1. The van der Waals surface area contributed by atoms with Crippen LogP contribution in [0, 0.1) is 0 Å². The molecule has 5 rings (SSSR count). The summed E-state index contributed by atoms with van der Waals surface area (Å²) in [6.07, 6.45) is 2.82. The maximum Gasteiger partial charge on any atom is 0.412 e. The third kappa shape index (κ3) is 8.04. The van der Waals surface area contributed by atoms with Crippen molar-refractivity contribution in [2.24, 2.45) is 5.73 Å². The fourth-order valence-electron chi connectivity index (χ4n) is 5.76. The normalized spacial score (nSPS) is 18.1. The van der Waals surface area contributed by atoms with Gasteiger partial charge in [-0.05, 0) is 67.6 Å². The Labute approximate surface area is 263 Å². The number of amides is 3. The van der Waals surface area contributed by atoms with E-state index in [1.165, 1.54) is 7.11 Å². The molecular weight excluding hydrogens is 574 g/mol. The number of anilines is 2. The van der Waals surface area contributed by atoms with Gasteiger partial charge in [0.2, 0.25) is 0 Å². The lowest BCUT2D eigenvalue weighted by Crippen LogP contribution is -2.49. The van der Waals surface area contributed by atoms with Gasteiger partial charge in [0.15, 0.2) is 11.5 Å². The molecule has 2 fully saturated rings. The maximum atomic E-state index is 13.3. The SMILES string of the molecule is COc1ccc(C(=O)N2CCN(c3ccc(C(=O)NC4CCC(N)CC4)cc3NC(=O)OCc3ccccc3)CC2)cc1OC. The summed E-state index contributed by atoms with van der Waals surface area (Å²) in [5.41, 5.74) is 9.05. The number of nitrogens with one attached hydrogen (secondary N) is 2. The minimum Gasteiger partial charge on any atom is -0.493 e. The molecule has 1 saturated heterocycles. The van der Waals surface area contributed by atoms with E-state index >= 15 is 0 Å². The van der Waals surface area contributed by atoms with Crippen LogP contribution in [0.3, 0.4) is 0 Å². The zero-order chi connectivity index (χ0) is 31.8. The van der Waals surface area contributed by atoms with Crippen molar-refractivity contribution in [2.75, 3.05) is 50.6 Å². The fraction of sp³-hybridized carbons (Fsp3) is 0.382. The molecule has 3 amide bonds. The number of nitrogens with two attached hydrogens (primary N) is 1. The van der Waals surface area contributed by atoms with E-state index < -0.39 is 6.09 Å². The van der Waals surface area contributed by atoms with Gasteiger partial charge in [0.1, 0.15) is 6.61 Å². The summed E-state index contributed by atoms with van der Waals surface area (Å²) in [4.78, 5) is 43.3. The van der Waals surface area contributed by atoms with Crippen LogP contribution < -0.4 is 30.7 Å². The van der Waals surface area contributed by atoms with Crippen LogP contribution in [-0.2, 0) is 11.3 Å². The topological polar surface area (TPSA) is 135 Å². The largest absolute Gasteiger partial charge is 0.493 e. The zero-order valence-electron chi connectivity index (χ0n) is 25.8. The summed E-state index contributed by atoms with van der Waals surface area (Å²) >= 11 is 0. The Morgan fingerprint density at radius 2 is 1.51 bits per heavy atom. The Bertz CT molecular complexity index is 1480. The number of nitrogens with zero attached hydrogens (tertiary/aromatic N) is 2. The first-order valence-electron chi connectivity index (χ1n) is 15.3. The molecule has 0 bridgehead atoms. The molecule has 0 radical (unpaired) electrons. The Hall–Kier alpha value is -4.77. The molecule has 3 aromatic carbocycles. The summed E-state index contributed by atoms with van der Waals surface area (Å²) in [7, 11) is 3.09. The Morgan fingerprint density at radius 3 is 2.20 bits per heavy atom. The molecule has 4 N–H and O–H groups in total. The number of piperazine rings is 1. The van der Waals surface area contributed by atoms with Crippen LogP contribution in [0.2, 0.25) is 0 Å². The fourth-order valence-corrected chi connectivity index (χ4v) is 5.76. The van der Waals surface area contributed by atoms with Crippen LogP contribution in [0.15, 0.2) is 66.7 Å². The average Bonchev–Trinajstić information content (AvgIpc) is 3.08. The van der Waals surface area contributed by atoms with E-state index in [9.17, 15) is 14.4 Å². The van der Waals surface area contributed by atoms with E-state index in [0.717, 1.165) is 36.9 Å². The lowest BCUT2D eigenvalue weighted by Gasteiger charge is -2.37. The second-order valence-electron chi connectivity index (χ2n) is 11.4. The predicted octanol–water partition coefficient (Wildman–Crippen LogP) is 4.41. The number of hydrogen-bond acceptors (Lipinski definition) is 8. The van der Waals surface area contributed by atoms with E-state index in [2.05, 4.69) is 15.5 Å². The molecule has 0 spiro atoms. The molecule has 0 atom stereocenters. The average molecular weight is 616 g/mol. The first-order chi connectivity index (χ1) is 21.8. The van der Waals surface area contributed by atoms with E-state index in [1.807, 2.05) is 36.4 Å². The molecule has 11 heteroatoms. The van der Waals surface area contributed by atoms with Crippen molar-refractivity contribution >= 4 is 29.3 Å². The summed E-state index contributed by atoms with van der Waals surface area (Å²) in [5.74, 6) is 0.747. The van der Waals surface area contributed by atoms with Gasteiger partial charge >= 0.3 is 6.09 Å². The van der Waals surface area contributed by atoms with Crippen molar-refractivity contribution in [3.63, 3.8) is 0 Å². The number of rotatable bonds is 9. The second-order valence-corrected chi connectivity index (χ2v) is 11.4. The first-order valence-corrected chi connectivity index (χ1v) is 15.3. The van der Waals surface area contributed by atoms with E-state index in [0.29, 0.717) is 54.5 Å². The van der Waals surface area contributed by atoms with E-state index in [-0.39, 0.29) is 30.5 Å². The molecule has 1 saturated carbocycles. The molecule has 45 heavy (non-hydrogen) atoms. The zero-order valence-corrected chi connectivity index (χ0v) is 25.8. The standard InChI is InChI=1S/C34H41N5O6/c1-43-30-15-9-25(21-31(30)44-2)33(41)39-18-16-38(17-19-39)29-14-8-24(32(40)36-27-12-10-26(35)11-13-27)20-28(29)37-34(42)45-22-23-6-4-3-5-7-23/h3-9,14-15,20-21,26-27H,10-13,16-19,22,35H2,1-2H3,(H,36,40)(H,37,42). The number of methoxy groups -OCH3 is 2. The Morgan fingerprint density at radius 1 is 0.822 bits per heavy atom. The smallest absolute Gasteiger partial charge is 0.412 e. The number of carbonyl (C=O) groups excluding carboxylic acids is 3. The summed E-state index contributed by atoms with van der Waals surface area (Å²) < 4.78 is 16.1. The highest BCUT2D eigenvalue weighted by molar-refractivity contribution is 5.99. The molecule has 238 valence electrons. The quantitative estimate of drug-likeness (QED) is 0.322. The van der Waals surface area contributed by atoms with Crippen LogP contribution in [-0.4, -0.2) is 75.3 Å². The molecule has 2 aliphatic rings. The molecule has 1 aliphatic carbocycles. The highest BCUT2D eigenvalue weighted by Crippen LogP contribution is 2.31. The van der Waals surface area contributed by atoms with Crippen LogP contribution in [0.5, 0.6) is 11.5 Å². The van der Waals surface area contributed by atoms with Gasteiger partial charge in [0, 0.05) is 49.4 Å². The molecule has 1 heterocycles. The van der Waals surface area contributed by atoms with E-state index in [1.54, 1.807) is 42.3 Å². The molecule has 1 aliphatic heterocycles. The monoisotopic (exact) mass is 615 g/mol. The molecule has 0 aromatic heterocycles. The molecule has 11 nitrogen and oxygen atoms in total. The minimum atomic E-state index is -0.624. The minimum absolute atomic E-state index is 0.0699. The Kier molecular flexibility index (Phi) is 10.4. The maximum absolute atomic E-state index is 13.3. The molecule has 0 unspecified atom stereocenters. The summed E-state index contributed by atoms with van der Waals surface area (Å²) in [6.45, 7) is 2.11. The lowest BCUT2D eigenvalue weighted by atomic mass is 9.91. The van der Waals surface area contributed by atoms with Crippen molar-refractivity contribution < 1.29 is 28.6 Å². The van der Waals surface area contributed by atoms with Gasteiger partial charge in [-0.25, -0.2) is 4.79 Å². The lowest BCUT2D eigenvalue weighted by molar-refractivity contribution is 0.0746. The van der Waals surface area contributed by atoms with Crippen molar-refractivity contribution in [3.05, 3.63) is 83.4 Å². The van der Waals surface area contributed by atoms with Crippen molar-refractivity contribution in [3.8, 4) is 11.5 Å². The third-order valence-corrected chi connectivity index (χ3v) is 8.35. The number of benzene rings is 3. The highest BCUT2D eigenvalue weighted by atomic mass is 16.5. The highest BCUT2D eigenvalue weighted by Gasteiger charge is 2.26. The number of ether oxygens (including phenoxy) is 3. The second kappa shape index (κ2) is 14.8. The van der Waals surface area contributed by atoms with Crippen molar-refractivity contribution in [1.82, 2.24) is 10.2 Å². The van der Waals surface area contributed by atoms with Gasteiger partial charge in [-0.15, -0.1) is 0 Å². The van der Waals surface area contributed by atoms with Crippen LogP contribution >= 0.6 is 0 Å². The summed E-state index contributed by atoms with van der Waals surface area (Å²) in [5, 5.41) is 5.98. The van der Waals surface area contributed by atoms with Crippen LogP contribution in [0.1, 0.15) is 52.0 Å². The molecular formula is C34H41N5O6. The van der Waals surface area contributed by atoms with Crippen molar-refractivity contribution in [1.29, 1.82) is 0 Å². The number of hydrogen-bond donors (Lipinski definition) is 3. The van der Waals surface area contributed by atoms with Crippen LogP contribution in [0.25, 0.3) is 0 Å². The Balaban J connectivity index is 1.29. The third-order valence-electron chi connectivity index (χ3n) is 8.35. The van der Waals surface area contributed by atoms with Crippen molar-refractivity contribution in [2.45, 2.75) is 44.4 Å². The first kappa shape index (κ1) is 31.6.